The smallest absolute Gasteiger partial charge is 0.156 e. The van der Waals surface area contributed by atoms with Crippen molar-refractivity contribution in [2.45, 2.75) is 51.7 Å². The summed E-state index contributed by atoms with van der Waals surface area (Å²) >= 11 is 0. The van der Waals surface area contributed by atoms with Gasteiger partial charge in [0.25, 0.3) is 0 Å². The van der Waals surface area contributed by atoms with Crippen LogP contribution < -0.4 is 0 Å². The molecular formula is C15H22O4. The van der Waals surface area contributed by atoms with E-state index >= 15 is 0 Å². The minimum Gasteiger partial charge on any atom is -0.389 e. The quantitative estimate of drug-likeness (QED) is 0.738. The summed E-state index contributed by atoms with van der Waals surface area (Å²) in [5.74, 6) is -0.243. The second-order valence-corrected chi connectivity index (χ2v) is 6.85. The summed E-state index contributed by atoms with van der Waals surface area (Å²) in [7, 11) is 0. The van der Waals surface area contributed by atoms with Gasteiger partial charge in [0.15, 0.2) is 11.9 Å². The van der Waals surface area contributed by atoms with E-state index < -0.39 is 17.1 Å². The Morgan fingerprint density at radius 1 is 1.26 bits per heavy atom. The maximum Gasteiger partial charge on any atom is 0.156 e. The van der Waals surface area contributed by atoms with Gasteiger partial charge in [0.05, 0.1) is 6.10 Å². The van der Waals surface area contributed by atoms with E-state index in [1.165, 1.54) is 6.08 Å². The molecule has 19 heavy (non-hydrogen) atoms. The van der Waals surface area contributed by atoms with Crippen LogP contribution in [0.2, 0.25) is 0 Å². The van der Waals surface area contributed by atoms with Crippen molar-refractivity contribution < 1.29 is 19.8 Å². The molecule has 0 amide bonds. The van der Waals surface area contributed by atoms with Crippen LogP contribution in [0.1, 0.15) is 40.0 Å². The zero-order chi connectivity index (χ0) is 14.5. The molecule has 2 rings (SSSR count). The van der Waals surface area contributed by atoms with Crippen LogP contribution in [0.15, 0.2) is 11.6 Å². The van der Waals surface area contributed by atoms with Crippen molar-refractivity contribution in [3.8, 4) is 0 Å². The topological polar surface area (TPSA) is 74.6 Å². The normalized spacial score (nSPS) is 45.0. The first-order chi connectivity index (χ1) is 8.73. The van der Waals surface area contributed by atoms with Crippen LogP contribution >= 0.6 is 0 Å². The predicted octanol–water partition coefficient (Wildman–Crippen LogP) is 1.25. The number of aliphatic hydroxyl groups is 2. The third-order valence-corrected chi connectivity index (χ3v) is 5.35. The standard InChI is InChI=1S/C15H22O4/c1-13(2)5-4-6-14(3)12(13)11(18)7-10(8-16)15(14,19)9-17/h7-9,11-12,18-19H,4-6H2,1-3H3/t11-,12?,14-,15+/m0/s1. The number of rotatable bonds is 2. The average Bonchev–Trinajstić information content (AvgIpc) is 2.32. The Morgan fingerprint density at radius 2 is 1.89 bits per heavy atom. The van der Waals surface area contributed by atoms with Gasteiger partial charge in [0, 0.05) is 16.9 Å². The molecule has 2 N–H and O–H groups in total. The highest BCUT2D eigenvalue weighted by Crippen LogP contribution is 2.60. The number of carbonyl (C=O) groups excluding carboxylic acids is 2. The minimum absolute atomic E-state index is 0.00792. The second kappa shape index (κ2) is 4.25. The number of aliphatic hydroxyl groups excluding tert-OH is 1. The van der Waals surface area contributed by atoms with Crippen molar-refractivity contribution in [3.63, 3.8) is 0 Å². The average molecular weight is 266 g/mol. The van der Waals surface area contributed by atoms with Crippen LogP contribution in [0.25, 0.3) is 0 Å². The third-order valence-electron chi connectivity index (χ3n) is 5.35. The van der Waals surface area contributed by atoms with Crippen molar-refractivity contribution in [1.29, 1.82) is 0 Å². The summed E-state index contributed by atoms with van der Waals surface area (Å²) in [4.78, 5) is 22.7. The van der Waals surface area contributed by atoms with Crippen LogP contribution in [0.3, 0.4) is 0 Å². The van der Waals surface area contributed by atoms with E-state index in [1.54, 1.807) is 0 Å². The molecule has 106 valence electrons. The fraction of sp³-hybridized carbons (Fsp3) is 0.733. The molecule has 2 aliphatic carbocycles. The van der Waals surface area contributed by atoms with E-state index in [0.717, 1.165) is 12.8 Å². The predicted molar refractivity (Wildman–Crippen MR) is 70.4 cm³/mol. The van der Waals surface area contributed by atoms with Crippen LogP contribution in [-0.4, -0.2) is 34.5 Å². The molecule has 1 fully saturated rings. The van der Waals surface area contributed by atoms with Crippen molar-refractivity contribution in [1.82, 2.24) is 0 Å². The summed E-state index contributed by atoms with van der Waals surface area (Å²) in [5, 5.41) is 21.1. The molecular weight excluding hydrogens is 244 g/mol. The fourth-order valence-electron chi connectivity index (χ4n) is 4.42. The number of hydrogen-bond donors (Lipinski definition) is 2. The molecule has 1 unspecified atom stereocenters. The van der Waals surface area contributed by atoms with Gasteiger partial charge in [-0.1, -0.05) is 27.2 Å². The summed E-state index contributed by atoms with van der Waals surface area (Å²) < 4.78 is 0. The van der Waals surface area contributed by atoms with E-state index in [-0.39, 0.29) is 16.9 Å². The number of carbonyl (C=O) groups is 2. The van der Waals surface area contributed by atoms with E-state index in [0.29, 0.717) is 19.0 Å². The van der Waals surface area contributed by atoms with Gasteiger partial charge in [0.2, 0.25) is 0 Å². The molecule has 0 saturated heterocycles. The Labute approximate surface area is 113 Å². The van der Waals surface area contributed by atoms with Crippen molar-refractivity contribution in [3.05, 3.63) is 11.6 Å². The van der Waals surface area contributed by atoms with E-state index in [9.17, 15) is 19.8 Å². The maximum atomic E-state index is 11.5. The highest BCUT2D eigenvalue weighted by molar-refractivity contribution is 5.88. The first kappa shape index (κ1) is 14.4. The Balaban J connectivity index is 2.66. The van der Waals surface area contributed by atoms with Gasteiger partial charge >= 0.3 is 0 Å². The van der Waals surface area contributed by atoms with Crippen LogP contribution in [0, 0.1) is 16.7 Å². The molecule has 0 radical (unpaired) electrons. The lowest BCUT2D eigenvalue weighted by molar-refractivity contribution is -0.174. The molecule has 2 aliphatic rings. The molecule has 0 aromatic rings. The lowest BCUT2D eigenvalue weighted by Crippen LogP contribution is -2.64. The number of fused-ring (bicyclic) bond motifs is 1. The van der Waals surface area contributed by atoms with E-state index in [1.807, 2.05) is 20.8 Å². The largest absolute Gasteiger partial charge is 0.389 e. The maximum absolute atomic E-state index is 11.5. The van der Waals surface area contributed by atoms with Crippen LogP contribution in [0.5, 0.6) is 0 Å². The Bertz CT molecular complexity index is 439. The first-order valence-electron chi connectivity index (χ1n) is 6.77. The van der Waals surface area contributed by atoms with Crippen LogP contribution in [-0.2, 0) is 9.59 Å². The number of hydrogen-bond acceptors (Lipinski definition) is 4. The Morgan fingerprint density at radius 3 is 2.42 bits per heavy atom. The summed E-state index contributed by atoms with van der Waals surface area (Å²) in [6, 6.07) is 0. The highest BCUT2D eigenvalue weighted by atomic mass is 16.3. The molecule has 0 aromatic heterocycles. The van der Waals surface area contributed by atoms with Crippen molar-refractivity contribution >= 4 is 12.6 Å². The molecule has 1 saturated carbocycles. The van der Waals surface area contributed by atoms with Gasteiger partial charge in [-0.3, -0.25) is 9.59 Å². The van der Waals surface area contributed by atoms with Gasteiger partial charge in [-0.2, -0.15) is 0 Å². The van der Waals surface area contributed by atoms with E-state index in [4.69, 9.17) is 0 Å². The molecule has 0 spiro atoms. The molecule has 4 nitrogen and oxygen atoms in total. The first-order valence-corrected chi connectivity index (χ1v) is 6.77. The monoisotopic (exact) mass is 266 g/mol. The van der Waals surface area contributed by atoms with Gasteiger partial charge in [-0.05, 0) is 24.3 Å². The van der Waals surface area contributed by atoms with Gasteiger partial charge in [0.1, 0.15) is 6.29 Å². The van der Waals surface area contributed by atoms with Crippen LogP contribution in [0.4, 0.5) is 0 Å². The van der Waals surface area contributed by atoms with Gasteiger partial charge in [-0.25, -0.2) is 0 Å². The molecule has 0 bridgehead atoms. The van der Waals surface area contributed by atoms with E-state index in [2.05, 4.69) is 0 Å². The molecule has 4 atom stereocenters. The third kappa shape index (κ3) is 1.73. The summed E-state index contributed by atoms with van der Waals surface area (Å²) in [6.45, 7) is 5.90. The van der Waals surface area contributed by atoms with Gasteiger partial charge in [-0.15, -0.1) is 0 Å². The van der Waals surface area contributed by atoms with Gasteiger partial charge < -0.3 is 10.2 Å². The molecule has 0 aromatic carbocycles. The number of aldehydes is 2. The van der Waals surface area contributed by atoms with Crippen molar-refractivity contribution in [2.75, 3.05) is 0 Å². The highest BCUT2D eigenvalue weighted by Gasteiger charge is 2.62. The molecule has 4 heteroatoms. The fourth-order valence-corrected chi connectivity index (χ4v) is 4.42. The lowest BCUT2D eigenvalue weighted by atomic mass is 9.46. The summed E-state index contributed by atoms with van der Waals surface area (Å²) in [6.07, 6.45) is 3.92. The zero-order valence-corrected chi connectivity index (χ0v) is 11.7. The van der Waals surface area contributed by atoms with Crippen molar-refractivity contribution in [2.24, 2.45) is 16.7 Å². The SMILES string of the molecule is CC1(C)CCC[C@@]2(C)C1[C@@H](O)C=C(C=O)[C@]2(O)C=O. The molecule has 0 heterocycles. The summed E-state index contributed by atoms with van der Waals surface area (Å²) in [5.41, 5.74) is -2.79. The Kier molecular flexibility index (Phi) is 3.22. The zero-order valence-electron chi connectivity index (χ0n) is 11.7. The Hall–Kier alpha value is -1.00. The lowest BCUT2D eigenvalue weighted by Gasteiger charge is -2.59. The second-order valence-electron chi connectivity index (χ2n) is 6.85. The molecule has 0 aliphatic heterocycles. The minimum atomic E-state index is -1.80.